The molecule has 10 heteroatoms. The fourth-order valence-electron chi connectivity index (χ4n) is 3.61. The van der Waals surface area contributed by atoms with Gasteiger partial charge in [0.05, 0.1) is 22.7 Å². The zero-order chi connectivity index (χ0) is 20.8. The Balaban J connectivity index is 1.77. The van der Waals surface area contributed by atoms with Crippen LogP contribution in [0.15, 0.2) is 23.6 Å². The van der Waals surface area contributed by atoms with Crippen LogP contribution in [-0.4, -0.2) is 38.0 Å². The van der Waals surface area contributed by atoms with E-state index >= 15 is 0 Å². The van der Waals surface area contributed by atoms with Gasteiger partial charge in [0.1, 0.15) is 5.02 Å². The molecule has 0 aromatic carbocycles. The van der Waals surface area contributed by atoms with Crippen LogP contribution in [0.1, 0.15) is 37.6 Å². The van der Waals surface area contributed by atoms with E-state index in [0.717, 1.165) is 25.3 Å². The lowest BCUT2D eigenvalue weighted by atomic mass is 10.0. The number of piperidine rings is 1. The van der Waals surface area contributed by atoms with Crippen molar-refractivity contribution in [3.63, 3.8) is 0 Å². The number of carbonyl (C=O) groups is 1. The Bertz CT molecular complexity index is 1050. The third kappa shape index (κ3) is 3.85. The summed E-state index contributed by atoms with van der Waals surface area (Å²) in [7, 11) is 0. The molecular formula is C19H18ClF3N4OS. The first-order chi connectivity index (χ1) is 13.8. The third-order valence-corrected chi connectivity index (χ3v) is 6.38. The first-order valence-corrected chi connectivity index (χ1v) is 10.5. The molecule has 1 aliphatic heterocycles. The van der Waals surface area contributed by atoms with Gasteiger partial charge < -0.3 is 4.90 Å². The van der Waals surface area contributed by atoms with E-state index in [4.69, 9.17) is 11.6 Å². The van der Waals surface area contributed by atoms with E-state index in [1.807, 2.05) is 6.92 Å². The molecule has 1 aliphatic rings. The molecule has 0 saturated carbocycles. The van der Waals surface area contributed by atoms with Gasteiger partial charge in [0.25, 0.3) is 0 Å². The predicted molar refractivity (Wildman–Crippen MR) is 105 cm³/mol. The molecule has 4 heterocycles. The highest BCUT2D eigenvalue weighted by molar-refractivity contribution is 7.13. The Labute approximate surface area is 174 Å². The van der Waals surface area contributed by atoms with Crippen molar-refractivity contribution in [3.05, 3.63) is 40.0 Å². The van der Waals surface area contributed by atoms with Crippen LogP contribution in [0.2, 0.25) is 5.02 Å². The quantitative estimate of drug-likeness (QED) is 0.568. The number of carbonyl (C=O) groups excluding carboxylic acids is 1. The first kappa shape index (κ1) is 20.2. The van der Waals surface area contributed by atoms with Crippen molar-refractivity contribution in [2.75, 3.05) is 6.54 Å². The molecule has 3 aromatic rings. The van der Waals surface area contributed by atoms with E-state index in [1.54, 1.807) is 22.4 Å². The van der Waals surface area contributed by atoms with Gasteiger partial charge in [-0.1, -0.05) is 17.7 Å². The van der Waals surface area contributed by atoms with E-state index in [1.165, 1.54) is 11.3 Å². The number of hydrogen-bond donors (Lipinski definition) is 0. The molecule has 4 rings (SSSR count). The summed E-state index contributed by atoms with van der Waals surface area (Å²) < 4.78 is 41.7. The highest BCUT2D eigenvalue weighted by Crippen LogP contribution is 2.35. The smallest absolute Gasteiger partial charge is 0.340 e. The lowest BCUT2D eigenvalue weighted by molar-refractivity contribution is -0.142. The van der Waals surface area contributed by atoms with Gasteiger partial charge in [-0.2, -0.15) is 18.3 Å². The van der Waals surface area contributed by atoms with Crippen molar-refractivity contribution in [1.29, 1.82) is 0 Å². The van der Waals surface area contributed by atoms with Crippen molar-refractivity contribution in [2.45, 2.75) is 44.8 Å². The van der Waals surface area contributed by atoms with E-state index in [9.17, 15) is 18.0 Å². The van der Waals surface area contributed by atoms with E-state index in [2.05, 4.69) is 10.1 Å². The average molecular weight is 443 g/mol. The van der Waals surface area contributed by atoms with Gasteiger partial charge in [-0.15, -0.1) is 11.3 Å². The van der Waals surface area contributed by atoms with Crippen LogP contribution >= 0.6 is 22.9 Å². The Hall–Kier alpha value is -2.13. The summed E-state index contributed by atoms with van der Waals surface area (Å²) in [6, 6.07) is 4.48. The normalized spacial score (nSPS) is 17.8. The van der Waals surface area contributed by atoms with Crippen LogP contribution in [0.4, 0.5) is 13.2 Å². The maximum Gasteiger partial charge on any atom is 0.433 e. The van der Waals surface area contributed by atoms with Gasteiger partial charge >= 0.3 is 6.18 Å². The summed E-state index contributed by atoms with van der Waals surface area (Å²) in [4.78, 5) is 19.4. The molecule has 29 heavy (non-hydrogen) atoms. The van der Waals surface area contributed by atoms with Gasteiger partial charge in [-0.3, -0.25) is 4.79 Å². The van der Waals surface area contributed by atoms with E-state index in [0.29, 0.717) is 15.9 Å². The van der Waals surface area contributed by atoms with Crippen LogP contribution in [0, 0.1) is 0 Å². The van der Waals surface area contributed by atoms with Crippen molar-refractivity contribution in [1.82, 2.24) is 19.5 Å². The first-order valence-electron chi connectivity index (χ1n) is 9.24. The topological polar surface area (TPSA) is 50.5 Å². The van der Waals surface area contributed by atoms with Crippen LogP contribution in [0.5, 0.6) is 0 Å². The molecule has 0 bridgehead atoms. The molecule has 1 amide bonds. The average Bonchev–Trinajstić information content (AvgIpc) is 3.30. The maximum atomic E-state index is 13.7. The summed E-state index contributed by atoms with van der Waals surface area (Å²) in [6.07, 6.45) is -1.92. The second-order valence-electron chi connectivity index (χ2n) is 7.11. The standard InChI is InChI=1S/C19H18ClF3N4OS/c1-11-5-2-3-7-26(11)16(28)10-13-17(20)18-24-12(14-6-4-8-29-14)9-15(19(21,22)23)27(18)25-13/h4,6,8-9,11H,2-3,5,7,10H2,1H3. The highest BCUT2D eigenvalue weighted by Gasteiger charge is 2.36. The maximum absolute atomic E-state index is 13.7. The van der Waals surface area contributed by atoms with Crippen LogP contribution in [-0.2, 0) is 17.4 Å². The molecular weight excluding hydrogens is 425 g/mol. The summed E-state index contributed by atoms with van der Waals surface area (Å²) in [5.41, 5.74) is -0.794. The van der Waals surface area contributed by atoms with Gasteiger partial charge in [0.2, 0.25) is 5.91 Å². The van der Waals surface area contributed by atoms with E-state index in [-0.39, 0.29) is 40.4 Å². The minimum absolute atomic E-state index is 0.0214. The van der Waals surface area contributed by atoms with Crippen LogP contribution in [0.3, 0.4) is 0 Å². The van der Waals surface area contributed by atoms with Gasteiger partial charge in [0, 0.05) is 12.6 Å². The third-order valence-electron chi connectivity index (χ3n) is 5.11. The Morgan fingerprint density at radius 3 is 2.83 bits per heavy atom. The molecule has 5 nitrogen and oxygen atoms in total. The summed E-state index contributed by atoms with van der Waals surface area (Å²) in [5.74, 6) is -0.186. The van der Waals surface area contributed by atoms with E-state index < -0.39 is 11.9 Å². The lowest BCUT2D eigenvalue weighted by Crippen LogP contribution is -2.42. The van der Waals surface area contributed by atoms with Gasteiger partial charge in [-0.25, -0.2) is 9.50 Å². The second kappa shape index (κ2) is 7.60. The molecule has 0 spiro atoms. The molecule has 154 valence electrons. The number of nitrogens with zero attached hydrogens (tertiary/aromatic N) is 4. The zero-order valence-corrected chi connectivity index (χ0v) is 17.1. The lowest BCUT2D eigenvalue weighted by Gasteiger charge is -2.33. The monoisotopic (exact) mass is 442 g/mol. The largest absolute Gasteiger partial charge is 0.433 e. The number of thiophene rings is 1. The molecule has 1 atom stereocenters. The number of likely N-dealkylation sites (tertiary alicyclic amines) is 1. The fourth-order valence-corrected chi connectivity index (χ4v) is 4.53. The molecule has 1 saturated heterocycles. The number of hydrogen-bond acceptors (Lipinski definition) is 4. The molecule has 3 aromatic heterocycles. The van der Waals surface area contributed by atoms with Crippen molar-refractivity contribution in [3.8, 4) is 10.6 Å². The molecule has 0 N–H and O–H groups in total. The Morgan fingerprint density at radius 1 is 1.38 bits per heavy atom. The Morgan fingerprint density at radius 2 is 2.17 bits per heavy atom. The number of halogens is 4. The SMILES string of the molecule is CC1CCCCN1C(=O)Cc1nn2c(C(F)(F)F)cc(-c3cccs3)nc2c1Cl. The molecule has 0 radical (unpaired) electrons. The molecule has 1 unspecified atom stereocenters. The van der Waals surface area contributed by atoms with Gasteiger partial charge in [0.15, 0.2) is 11.3 Å². The Kier molecular flexibility index (Phi) is 5.29. The van der Waals surface area contributed by atoms with Gasteiger partial charge in [-0.05, 0) is 43.7 Å². The van der Waals surface area contributed by atoms with Crippen molar-refractivity contribution in [2.24, 2.45) is 0 Å². The highest BCUT2D eigenvalue weighted by atomic mass is 35.5. The summed E-state index contributed by atoms with van der Waals surface area (Å²) in [6.45, 7) is 2.61. The number of alkyl halides is 3. The summed E-state index contributed by atoms with van der Waals surface area (Å²) >= 11 is 7.63. The minimum atomic E-state index is -4.65. The molecule has 0 aliphatic carbocycles. The fraction of sp³-hybridized carbons (Fsp3) is 0.421. The van der Waals surface area contributed by atoms with Crippen LogP contribution < -0.4 is 0 Å². The number of rotatable bonds is 3. The van der Waals surface area contributed by atoms with Crippen molar-refractivity contribution < 1.29 is 18.0 Å². The molecule has 1 fully saturated rings. The predicted octanol–water partition coefficient (Wildman–Crippen LogP) is 5.07. The number of aromatic nitrogens is 3. The van der Waals surface area contributed by atoms with Crippen LogP contribution in [0.25, 0.3) is 16.2 Å². The minimum Gasteiger partial charge on any atom is -0.340 e. The summed E-state index contributed by atoms with van der Waals surface area (Å²) in [5, 5.41) is 5.76. The number of amides is 1. The van der Waals surface area contributed by atoms with Crippen molar-refractivity contribution >= 4 is 34.5 Å². The zero-order valence-electron chi connectivity index (χ0n) is 15.5. The second-order valence-corrected chi connectivity index (χ2v) is 8.43. The number of fused-ring (bicyclic) bond motifs is 1.